The lowest BCUT2D eigenvalue weighted by Gasteiger charge is -2.08. The van der Waals surface area contributed by atoms with Gasteiger partial charge in [-0.05, 0) is 32.0 Å². The number of rotatable bonds is 5. The fourth-order valence-corrected chi connectivity index (χ4v) is 3.35. The van der Waals surface area contributed by atoms with Crippen molar-refractivity contribution in [1.29, 1.82) is 0 Å². The number of aromatic nitrogens is 6. The minimum atomic E-state index is -0.339. The van der Waals surface area contributed by atoms with Crippen LogP contribution >= 0.6 is 0 Å². The van der Waals surface area contributed by atoms with E-state index in [4.69, 9.17) is 9.47 Å². The molecular formula is C20H21N7O3. The van der Waals surface area contributed by atoms with Gasteiger partial charge >= 0.3 is 0 Å². The molecule has 3 aromatic heterocycles. The lowest BCUT2D eigenvalue weighted by atomic mass is 10.1. The van der Waals surface area contributed by atoms with Crippen molar-refractivity contribution in [1.82, 2.24) is 29.9 Å². The number of carbonyl (C=O) groups excluding carboxylic acids is 1. The minimum absolute atomic E-state index is 0.150. The molecule has 2 N–H and O–H groups in total. The topological polar surface area (TPSA) is 120 Å². The lowest BCUT2D eigenvalue weighted by Crippen LogP contribution is -2.14. The maximum absolute atomic E-state index is 13.0. The summed E-state index contributed by atoms with van der Waals surface area (Å²) in [5.41, 5.74) is 3.25. The number of pyridine rings is 1. The summed E-state index contributed by atoms with van der Waals surface area (Å²) in [4.78, 5) is 21.8. The molecule has 0 radical (unpaired) electrons. The Bertz CT molecular complexity index is 1260. The van der Waals surface area contributed by atoms with Crippen molar-refractivity contribution < 1.29 is 14.3 Å². The summed E-state index contributed by atoms with van der Waals surface area (Å²) in [6, 6.07) is 7.07. The van der Waals surface area contributed by atoms with E-state index in [0.717, 1.165) is 5.69 Å². The Hall–Kier alpha value is -3.95. The number of fused-ring (bicyclic) bond motifs is 1. The normalized spacial score (nSPS) is 11.0. The number of H-pyrrole nitrogens is 1. The lowest BCUT2D eigenvalue weighted by molar-refractivity contribution is 0.102. The second-order valence-electron chi connectivity index (χ2n) is 6.75. The molecular weight excluding hydrogens is 386 g/mol. The summed E-state index contributed by atoms with van der Waals surface area (Å²) in [5, 5.41) is 14.8. The quantitative estimate of drug-likeness (QED) is 0.522. The second kappa shape index (κ2) is 7.47. The van der Waals surface area contributed by atoms with Crippen molar-refractivity contribution in [2.45, 2.75) is 13.8 Å². The molecule has 4 rings (SSSR count). The smallest absolute Gasteiger partial charge is 0.258 e. The summed E-state index contributed by atoms with van der Waals surface area (Å²) in [6.45, 7) is 3.68. The Balaban J connectivity index is 1.65. The number of hydrogen-bond donors (Lipinski definition) is 2. The van der Waals surface area contributed by atoms with Gasteiger partial charge in [0.1, 0.15) is 11.5 Å². The number of nitrogens with one attached hydrogen (secondary N) is 2. The maximum Gasteiger partial charge on any atom is 0.258 e. The SMILES string of the molecule is COc1ccc(-c2nc(NC(=O)c3cc(C)nc4c3c(C)nn4C)n[nH]2)c(OC)c1. The van der Waals surface area contributed by atoms with E-state index in [2.05, 4.69) is 30.6 Å². The molecule has 0 aliphatic rings. The number of aromatic amines is 1. The highest BCUT2D eigenvalue weighted by Gasteiger charge is 2.20. The average molecular weight is 407 g/mol. The van der Waals surface area contributed by atoms with Gasteiger partial charge in [-0.15, -0.1) is 5.10 Å². The van der Waals surface area contributed by atoms with Crippen LogP contribution in [0.5, 0.6) is 11.5 Å². The highest BCUT2D eigenvalue weighted by atomic mass is 16.5. The van der Waals surface area contributed by atoms with Crippen LogP contribution in [0.1, 0.15) is 21.7 Å². The molecule has 0 spiro atoms. The molecule has 0 saturated carbocycles. The molecule has 10 heteroatoms. The van der Waals surface area contributed by atoms with E-state index < -0.39 is 0 Å². The molecule has 0 atom stereocenters. The summed E-state index contributed by atoms with van der Waals surface area (Å²) >= 11 is 0. The van der Waals surface area contributed by atoms with Crippen LogP contribution in [0.3, 0.4) is 0 Å². The van der Waals surface area contributed by atoms with Gasteiger partial charge in [0.25, 0.3) is 5.91 Å². The molecule has 0 fully saturated rings. The molecule has 0 bridgehead atoms. The zero-order valence-corrected chi connectivity index (χ0v) is 17.3. The van der Waals surface area contributed by atoms with Gasteiger partial charge in [0, 0.05) is 18.8 Å². The first-order valence-corrected chi connectivity index (χ1v) is 9.18. The van der Waals surface area contributed by atoms with E-state index in [0.29, 0.717) is 45.2 Å². The molecule has 3 heterocycles. The van der Waals surface area contributed by atoms with E-state index in [1.54, 1.807) is 50.2 Å². The van der Waals surface area contributed by atoms with Crippen LogP contribution in [0, 0.1) is 13.8 Å². The largest absolute Gasteiger partial charge is 0.497 e. The van der Waals surface area contributed by atoms with Crippen LogP contribution in [0.4, 0.5) is 5.95 Å². The number of ether oxygens (including phenoxy) is 2. The summed E-state index contributed by atoms with van der Waals surface area (Å²) in [7, 11) is 4.94. The van der Waals surface area contributed by atoms with Crippen molar-refractivity contribution in [3.05, 3.63) is 41.2 Å². The minimum Gasteiger partial charge on any atom is -0.497 e. The molecule has 0 unspecified atom stereocenters. The Labute approximate surface area is 172 Å². The zero-order chi connectivity index (χ0) is 21.4. The molecule has 4 aromatic rings. The number of hydrogen-bond acceptors (Lipinski definition) is 7. The number of benzene rings is 1. The van der Waals surface area contributed by atoms with E-state index in [-0.39, 0.29) is 11.9 Å². The number of nitrogens with zero attached hydrogens (tertiary/aromatic N) is 5. The van der Waals surface area contributed by atoms with Gasteiger partial charge in [0.05, 0.1) is 36.4 Å². The molecule has 1 amide bonds. The van der Waals surface area contributed by atoms with Crippen LogP contribution in [0.2, 0.25) is 0 Å². The fourth-order valence-electron chi connectivity index (χ4n) is 3.35. The van der Waals surface area contributed by atoms with Crippen molar-refractivity contribution in [3.63, 3.8) is 0 Å². The van der Waals surface area contributed by atoms with Crippen LogP contribution < -0.4 is 14.8 Å². The number of anilines is 1. The first-order valence-electron chi connectivity index (χ1n) is 9.18. The summed E-state index contributed by atoms with van der Waals surface area (Å²) in [5.74, 6) is 1.50. The number of amides is 1. The van der Waals surface area contributed by atoms with Crippen LogP contribution in [0.15, 0.2) is 24.3 Å². The fraction of sp³-hybridized carbons (Fsp3) is 0.250. The van der Waals surface area contributed by atoms with Crippen LogP contribution in [0.25, 0.3) is 22.4 Å². The van der Waals surface area contributed by atoms with Crippen molar-refractivity contribution in [2.75, 3.05) is 19.5 Å². The first-order chi connectivity index (χ1) is 14.4. The molecule has 10 nitrogen and oxygen atoms in total. The third-order valence-corrected chi connectivity index (χ3v) is 4.72. The van der Waals surface area contributed by atoms with Gasteiger partial charge in [-0.25, -0.2) is 4.98 Å². The molecule has 0 aliphatic heterocycles. The average Bonchev–Trinajstić information content (AvgIpc) is 3.31. The third kappa shape index (κ3) is 3.32. The summed E-state index contributed by atoms with van der Waals surface area (Å²) in [6.07, 6.45) is 0. The van der Waals surface area contributed by atoms with Crippen LogP contribution in [-0.4, -0.2) is 50.1 Å². The van der Waals surface area contributed by atoms with Crippen molar-refractivity contribution >= 4 is 22.9 Å². The highest BCUT2D eigenvalue weighted by Crippen LogP contribution is 2.31. The number of methoxy groups -OCH3 is 2. The molecule has 30 heavy (non-hydrogen) atoms. The number of carbonyl (C=O) groups is 1. The van der Waals surface area contributed by atoms with E-state index >= 15 is 0 Å². The van der Waals surface area contributed by atoms with Crippen LogP contribution in [-0.2, 0) is 7.05 Å². The standard InChI is InChI=1S/C20H21N7O3/c1-10-8-14(16-11(2)26-27(3)18(16)21-10)19(28)23-20-22-17(24-25-20)13-7-6-12(29-4)9-15(13)30-5/h6-9H,1-5H3,(H2,22,23,24,25,28). The Morgan fingerprint density at radius 1 is 1.13 bits per heavy atom. The van der Waals surface area contributed by atoms with Gasteiger partial charge in [-0.3, -0.25) is 19.9 Å². The van der Waals surface area contributed by atoms with E-state index in [1.807, 2.05) is 13.8 Å². The zero-order valence-electron chi connectivity index (χ0n) is 17.3. The van der Waals surface area contributed by atoms with Gasteiger partial charge in [0.15, 0.2) is 11.5 Å². The van der Waals surface area contributed by atoms with Gasteiger partial charge in [0.2, 0.25) is 5.95 Å². The van der Waals surface area contributed by atoms with Gasteiger partial charge in [-0.1, -0.05) is 0 Å². The van der Waals surface area contributed by atoms with E-state index in [1.165, 1.54) is 0 Å². The van der Waals surface area contributed by atoms with Crippen molar-refractivity contribution in [3.8, 4) is 22.9 Å². The Morgan fingerprint density at radius 3 is 2.67 bits per heavy atom. The predicted molar refractivity (Wildman–Crippen MR) is 111 cm³/mol. The highest BCUT2D eigenvalue weighted by molar-refractivity contribution is 6.12. The Kier molecular flexibility index (Phi) is 4.82. The number of aryl methyl sites for hydroxylation is 3. The third-order valence-electron chi connectivity index (χ3n) is 4.72. The second-order valence-corrected chi connectivity index (χ2v) is 6.75. The first kappa shape index (κ1) is 19.4. The van der Waals surface area contributed by atoms with E-state index in [9.17, 15) is 4.79 Å². The van der Waals surface area contributed by atoms with Gasteiger partial charge < -0.3 is 9.47 Å². The maximum atomic E-state index is 13.0. The van der Waals surface area contributed by atoms with Gasteiger partial charge in [-0.2, -0.15) is 10.1 Å². The molecule has 154 valence electrons. The Morgan fingerprint density at radius 2 is 1.93 bits per heavy atom. The molecule has 0 aliphatic carbocycles. The molecule has 0 saturated heterocycles. The van der Waals surface area contributed by atoms with Crippen molar-refractivity contribution in [2.24, 2.45) is 7.05 Å². The summed E-state index contributed by atoms with van der Waals surface area (Å²) < 4.78 is 12.3. The predicted octanol–water partition coefficient (Wildman–Crippen LogP) is 2.64. The molecule has 1 aromatic carbocycles. The monoisotopic (exact) mass is 407 g/mol.